The van der Waals surface area contributed by atoms with E-state index in [9.17, 15) is 9.90 Å². The van der Waals surface area contributed by atoms with Crippen molar-refractivity contribution in [3.8, 4) is 0 Å². The van der Waals surface area contributed by atoms with Gasteiger partial charge in [0.25, 0.3) is 0 Å². The van der Waals surface area contributed by atoms with E-state index in [2.05, 4.69) is 38.1 Å². The highest BCUT2D eigenvalue weighted by Gasteiger charge is 2.25. The minimum absolute atomic E-state index is 0.0935. The van der Waals surface area contributed by atoms with Crippen LogP contribution < -0.4 is 5.32 Å². The fourth-order valence-corrected chi connectivity index (χ4v) is 4.26. The lowest BCUT2D eigenvalue weighted by Gasteiger charge is -2.34. The SMILES string of the molecule is C[C@H](NC(=O)N(Cc1ccc([C@H](O)Cc2nn[nH]n2)cc1)C1CC=CCC1)c1ccc(Cl)cc1. The van der Waals surface area contributed by atoms with Crippen LogP contribution in [0.4, 0.5) is 4.79 Å². The van der Waals surface area contributed by atoms with Crippen molar-refractivity contribution >= 4 is 17.6 Å². The van der Waals surface area contributed by atoms with E-state index in [1.165, 1.54) is 0 Å². The van der Waals surface area contributed by atoms with Crippen LogP contribution in [0.3, 0.4) is 0 Å². The van der Waals surface area contributed by atoms with Crippen molar-refractivity contribution in [2.45, 2.75) is 57.3 Å². The van der Waals surface area contributed by atoms with Gasteiger partial charge in [-0.25, -0.2) is 4.79 Å². The second-order valence-electron chi connectivity index (χ2n) is 8.58. The van der Waals surface area contributed by atoms with Crippen LogP contribution in [0.2, 0.25) is 5.02 Å². The van der Waals surface area contributed by atoms with Crippen molar-refractivity contribution in [1.29, 1.82) is 0 Å². The number of aromatic nitrogens is 4. The molecular weight excluding hydrogens is 452 g/mol. The van der Waals surface area contributed by atoms with E-state index in [-0.39, 0.29) is 24.5 Å². The molecule has 0 aliphatic heterocycles. The quantitative estimate of drug-likeness (QED) is 0.411. The number of nitrogens with one attached hydrogen (secondary N) is 2. The summed E-state index contributed by atoms with van der Waals surface area (Å²) in [5, 5.41) is 28.0. The van der Waals surface area contributed by atoms with Gasteiger partial charge < -0.3 is 15.3 Å². The number of hydrogen-bond acceptors (Lipinski definition) is 5. The number of halogens is 1. The number of tetrazole rings is 1. The van der Waals surface area contributed by atoms with Crippen molar-refractivity contribution in [1.82, 2.24) is 30.8 Å². The maximum Gasteiger partial charge on any atom is 0.318 e. The lowest BCUT2D eigenvalue weighted by molar-refractivity contribution is 0.162. The monoisotopic (exact) mass is 480 g/mol. The first-order valence-electron chi connectivity index (χ1n) is 11.5. The third kappa shape index (κ3) is 6.21. The van der Waals surface area contributed by atoms with Crippen LogP contribution in [0, 0.1) is 0 Å². The molecule has 1 aromatic heterocycles. The minimum atomic E-state index is -0.727. The third-order valence-corrected chi connectivity index (χ3v) is 6.39. The second kappa shape index (κ2) is 11.3. The molecule has 3 atom stereocenters. The van der Waals surface area contributed by atoms with Crippen molar-refractivity contribution < 1.29 is 9.90 Å². The minimum Gasteiger partial charge on any atom is -0.388 e. The molecule has 34 heavy (non-hydrogen) atoms. The molecule has 1 unspecified atom stereocenters. The molecule has 2 amide bonds. The molecule has 4 rings (SSSR count). The van der Waals surface area contributed by atoms with E-state index >= 15 is 0 Å². The molecule has 1 aliphatic rings. The van der Waals surface area contributed by atoms with Gasteiger partial charge in [-0.2, -0.15) is 5.21 Å². The first-order chi connectivity index (χ1) is 16.5. The van der Waals surface area contributed by atoms with E-state index in [0.717, 1.165) is 36.0 Å². The van der Waals surface area contributed by atoms with E-state index in [0.29, 0.717) is 17.4 Å². The number of amides is 2. The normalized spacial score (nSPS) is 17.2. The molecule has 3 aromatic rings. The fourth-order valence-electron chi connectivity index (χ4n) is 4.13. The summed E-state index contributed by atoms with van der Waals surface area (Å²) in [6, 6.07) is 15.1. The number of aliphatic hydroxyl groups is 1. The molecular formula is C25H29ClN6O2. The molecule has 8 nitrogen and oxygen atoms in total. The zero-order valence-electron chi connectivity index (χ0n) is 19.1. The highest BCUT2D eigenvalue weighted by molar-refractivity contribution is 6.30. The lowest BCUT2D eigenvalue weighted by Crippen LogP contribution is -2.46. The Bertz CT molecular complexity index is 1090. The van der Waals surface area contributed by atoms with Gasteiger partial charge in [-0.1, -0.05) is 65.4 Å². The molecule has 9 heteroatoms. The number of benzene rings is 2. The van der Waals surface area contributed by atoms with Crippen molar-refractivity contribution in [2.24, 2.45) is 0 Å². The molecule has 3 N–H and O–H groups in total. The van der Waals surface area contributed by atoms with Gasteiger partial charge in [-0.15, -0.1) is 10.2 Å². The number of urea groups is 1. The summed E-state index contributed by atoms with van der Waals surface area (Å²) in [4.78, 5) is 15.3. The number of carbonyl (C=O) groups excluding carboxylic acids is 1. The highest BCUT2D eigenvalue weighted by Crippen LogP contribution is 2.23. The molecule has 1 aliphatic carbocycles. The molecule has 0 radical (unpaired) electrons. The molecule has 0 saturated heterocycles. The number of rotatable bonds is 8. The topological polar surface area (TPSA) is 107 Å². The highest BCUT2D eigenvalue weighted by atomic mass is 35.5. The number of aliphatic hydroxyl groups excluding tert-OH is 1. The molecule has 2 aromatic carbocycles. The van der Waals surface area contributed by atoms with Gasteiger partial charge in [0, 0.05) is 24.0 Å². The van der Waals surface area contributed by atoms with Crippen LogP contribution in [0.1, 0.15) is 60.8 Å². The van der Waals surface area contributed by atoms with Crippen molar-refractivity contribution in [2.75, 3.05) is 0 Å². The van der Waals surface area contributed by atoms with E-state index < -0.39 is 6.10 Å². The summed E-state index contributed by atoms with van der Waals surface area (Å²) in [6.45, 7) is 2.46. The van der Waals surface area contributed by atoms with E-state index in [4.69, 9.17) is 11.6 Å². The van der Waals surface area contributed by atoms with Crippen LogP contribution >= 0.6 is 11.6 Å². The van der Waals surface area contributed by atoms with E-state index in [1.807, 2.05) is 60.4 Å². The van der Waals surface area contributed by atoms with Crippen LogP contribution in [0.5, 0.6) is 0 Å². The zero-order chi connectivity index (χ0) is 23.9. The second-order valence-corrected chi connectivity index (χ2v) is 9.01. The fraction of sp³-hybridized carbons (Fsp3) is 0.360. The summed E-state index contributed by atoms with van der Waals surface area (Å²) < 4.78 is 0. The van der Waals surface area contributed by atoms with Gasteiger partial charge in [-0.05, 0) is 55.0 Å². The average Bonchev–Trinajstić information content (AvgIpc) is 3.36. The molecule has 0 spiro atoms. The van der Waals surface area contributed by atoms with Gasteiger partial charge in [0.05, 0.1) is 12.1 Å². The van der Waals surface area contributed by atoms with Gasteiger partial charge in [0.1, 0.15) is 0 Å². The van der Waals surface area contributed by atoms with Gasteiger partial charge in [0.2, 0.25) is 0 Å². The summed E-state index contributed by atoms with van der Waals surface area (Å²) in [7, 11) is 0. The zero-order valence-corrected chi connectivity index (χ0v) is 19.8. The standard InChI is InChI=1S/C25H29ClN6O2/c1-17(19-11-13-21(26)14-12-19)27-25(34)32(22-5-3-2-4-6-22)16-18-7-9-20(10-8-18)23(33)15-24-28-30-31-29-24/h2-3,7-14,17,22-23,33H,4-6,15-16H2,1H3,(H,27,34)(H,28,29,30,31)/t17-,22?,23+/m0/s1. The van der Waals surface area contributed by atoms with Crippen LogP contribution in [0.25, 0.3) is 0 Å². The van der Waals surface area contributed by atoms with Crippen LogP contribution in [0.15, 0.2) is 60.7 Å². The van der Waals surface area contributed by atoms with Gasteiger partial charge in [0.15, 0.2) is 5.82 Å². The van der Waals surface area contributed by atoms with Crippen molar-refractivity contribution in [3.05, 3.63) is 88.2 Å². The Kier molecular flexibility index (Phi) is 7.92. The number of carbonyl (C=O) groups is 1. The van der Waals surface area contributed by atoms with Crippen LogP contribution in [-0.2, 0) is 13.0 Å². The number of hydrogen-bond donors (Lipinski definition) is 3. The first-order valence-corrected chi connectivity index (χ1v) is 11.8. The Morgan fingerprint density at radius 3 is 2.56 bits per heavy atom. The Morgan fingerprint density at radius 2 is 1.91 bits per heavy atom. The predicted octanol–water partition coefficient (Wildman–Crippen LogP) is 4.51. The third-order valence-electron chi connectivity index (χ3n) is 6.14. The Balaban J connectivity index is 1.44. The summed E-state index contributed by atoms with van der Waals surface area (Å²) in [5.41, 5.74) is 2.77. The Morgan fingerprint density at radius 1 is 1.18 bits per heavy atom. The molecule has 0 bridgehead atoms. The smallest absolute Gasteiger partial charge is 0.318 e. The van der Waals surface area contributed by atoms with Crippen molar-refractivity contribution in [3.63, 3.8) is 0 Å². The summed E-state index contributed by atoms with van der Waals surface area (Å²) in [6.07, 6.45) is 6.60. The number of H-pyrrole nitrogens is 1. The van der Waals surface area contributed by atoms with Gasteiger partial charge >= 0.3 is 6.03 Å². The maximum absolute atomic E-state index is 13.4. The summed E-state index contributed by atoms with van der Waals surface area (Å²) >= 11 is 6.00. The molecule has 0 fully saturated rings. The summed E-state index contributed by atoms with van der Waals surface area (Å²) in [5.74, 6) is 0.458. The lowest BCUT2D eigenvalue weighted by atomic mass is 9.99. The number of nitrogens with zero attached hydrogens (tertiary/aromatic N) is 4. The Hall–Kier alpha value is -3.23. The average molecular weight is 481 g/mol. The van der Waals surface area contributed by atoms with Gasteiger partial charge in [-0.3, -0.25) is 0 Å². The predicted molar refractivity (Wildman–Crippen MR) is 130 cm³/mol. The molecule has 1 heterocycles. The van der Waals surface area contributed by atoms with Crippen LogP contribution in [-0.4, -0.2) is 42.7 Å². The van der Waals surface area contributed by atoms with E-state index in [1.54, 1.807) is 0 Å². The number of allylic oxidation sites excluding steroid dienone is 1. The Labute approximate surface area is 204 Å². The molecule has 0 saturated carbocycles. The largest absolute Gasteiger partial charge is 0.388 e. The first kappa shape index (κ1) is 23.9. The number of aromatic amines is 1. The molecule has 178 valence electrons. The maximum atomic E-state index is 13.4.